The van der Waals surface area contributed by atoms with Gasteiger partial charge in [-0.25, -0.2) is 0 Å². The first-order valence-electron chi connectivity index (χ1n) is 8.29. The molecule has 0 radical (unpaired) electrons. The fraction of sp³-hybridized carbons (Fsp3) is 0.556. The molecule has 1 heterocycles. The standard InChI is InChI=1S/C18H22N2O3/c19-13-18(9-2-1-3-10-18)17(21)20-14-4-6-15(7-5-14)23-16-8-11-22-12-16/h4-7,16H,1-3,8-12H2,(H,20,21)/t16-/m1/s1. The fourth-order valence-corrected chi connectivity index (χ4v) is 3.21. The Morgan fingerprint density at radius 1 is 1.26 bits per heavy atom. The predicted octanol–water partition coefficient (Wildman–Crippen LogP) is 3.27. The second kappa shape index (κ2) is 7.01. The van der Waals surface area contributed by atoms with Crippen LogP contribution in [0.4, 0.5) is 5.69 Å². The molecule has 1 amide bonds. The van der Waals surface area contributed by atoms with Gasteiger partial charge in [0.1, 0.15) is 17.3 Å². The first kappa shape index (κ1) is 15.8. The largest absolute Gasteiger partial charge is 0.488 e. The molecule has 1 saturated heterocycles. The van der Waals surface area contributed by atoms with Crippen LogP contribution in [-0.2, 0) is 9.53 Å². The topological polar surface area (TPSA) is 71.4 Å². The van der Waals surface area contributed by atoms with Gasteiger partial charge in [-0.3, -0.25) is 4.79 Å². The maximum Gasteiger partial charge on any atom is 0.244 e. The van der Waals surface area contributed by atoms with Crippen LogP contribution in [0, 0.1) is 16.7 Å². The molecule has 1 aliphatic carbocycles. The molecule has 0 spiro atoms. The van der Waals surface area contributed by atoms with Gasteiger partial charge in [-0.05, 0) is 37.1 Å². The molecule has 0 bridgehead atoms. The Bertz CT molecular complexity index is 579. The monoisotopic (exact) mass is 314 g/mol. The Kier molecular flexibility index (Phi) is 4.82. The Hall–Kier alpha value is -2.06. The van der Waals surface area contributed by atoms with Crippen LogP contribution in [0.25, 0.3) is 0 Å². The minimum atomic E-state index is -0.866. The first-order valence-corrected chi connectivity index (χ1v) is 8.29. The molecule has 1 aliphatic heterocycles. The van der Waals surface area contributed by atoms with Crippen molar-refractivity contribution in [1.29, 1.82) is 5.26 Å². The van der Waals surface area contributed by atoms with Crippen LogP contribution in [0.5, 0.6) is 5.75 Å². The Morgan fingerprint density at radius 3 is 2.61 bits per heavy atom. The van der Waals surface area contributed by atoms with Crippen molar-refractivity contribution in [2.75, 3.05) is 18.5 Å². The number of carbonyl (C=O) groups excluding carboxylic acids is 1. The third-order valence-corrected chi connectivity index (χ3v) is 4.66. The number of anilines is 1. The van der Waals surface area contributed by atoms with E-state index in [2.05, 4.69) is 11.4 Å². The molecule has 2 aliphatic rings. The van der Waals surface area contributed by atoms with Gasteiger partial charge in [0.05, 0.1) is 19.3 Å². The van der Waals surface area contributed by atoms with Crippen molar-refractivity contribution >= 4 is 11.6 Å². The number of carbonyl (C=O) groups is 1. The van der Waals surface area contributed by atoms with Crippen molar-refractivity contribution in [2.45, 2.75) is 44.6 Å². The van der Waals surface area contributed by atoms with Crippen LogP contribution in [0.3, 0.4) is 0 Å². The lowest BCUT2D eigenvalue weighted by Crippen LogP contribution is -2.36. The zero-order chi connectivity index (χ0) is 16.1. The van der Waals surface area contributed by atoms with Crippen molar-refractivity contribution in [2.24, 2.45) is 5.41 Å². The van der Waals surface area contributed by atoms with Gasteiger partial charge in [0, 0.05) is 12.1 Å². The SMILES string of the molecule is N#CC1(C(=O)Nc2ccc(O[C@@H]3CCOC3)cc2)CCCCC1. The van der Waals surface area contributed by atoms with Gasteiger partial charge in [0.25, 0.3) is 0 Å². The molecule has 1 aromatic rings. The highest BCUT2D eigenvalue weighted by Crippen LogP contribution is 2.36. The van der Waals surface area contributed by atoms with E-state index >= 15 is 0 Å². The molecule has 1 N–H and O–H groups in total. The number of nitrogens with one attached hydrogen (secondary N) is 1. The molecule has 5 nitrogen and oxygen atoms in total. The molecule has 23 heavy (non-hydrogen) atoms. The molecular weight excluding hydrogens is 292 g/mol. The van der Waals surface area contributed by atoms with Gasteiger partial charge < -0.3 is 14.8 Å². The molecule has 1 aromatic carbocycles. The molecule has 3 rings (SSSR count). The lowest BCUT2D eigenvalue weighted by molar-refractivity contribution is -0.124. The van der Waals surface area contributed by atoms with Gasteiger partial charge >= 0.3 is 0 Å². The van der Waals surface area contributed by atoms with Crippen LogP contribution < -0.4 is 10.1 Å². The predicted molar refractivity (Wildman–Crippen MR) is 86.1 cm³/mol. The van der Waals surface area contributed by atoms with E-state index < -0.39 is 5.41 Å². The summed E-state index contributed by atoms with van der Waals surface area (Å²) in [6.07, 6.45) is 5.31. The number of nitriles is 1. The number of nitrogens with zero attached hydrogens (tertiary/aromatic N) is 1. The Balaban J connectivity index is 1.61. The molecule has 1 saturated carbocycles. The van der Waals surface area contributed by atoms with Gasteiger partial charge in [-0.2, -0.15) is 5.26 Å². The third-order valence-electron chi connectivity index (χ3n) is 4.66. The summed E-state index contributed by atoms with van der Waals surface area (Å²) in [6, 6.07) is 9.56. The first-order chi connectivity index (χ1) is 11.2. The highest BCUT2D eigenvalue weighted by atomic mass is 16.5. The fourth-order valence-electron chi connectivity index (χ4n) is 3.21. The molecule has 0 aromatic heterocycles. The lowest BCUT2D eigenvalue weighted by Gasteiger charge is -2.29. The van der Waals surface area contributed by atoms with Gasteiger partial charge in [-0.15, -0.1) is 0 Å². The molecular formula is C18H22N2O3. The summed E-state index contributed by atoms with van der Waals surface area (Å²) in [7, 11) is 0. The van der Waals surface area contributed by atoms with Gasteiger partial charge in [0.15, 0.2) is 0 Å². The number of benzene rings is 1. The second-order valence-corrected chi connectivity index (χ2v) is 6.34. The van der Waals surface area contributed by atoms with Crippen molar-refractivity contribution in [3.05, 3.63) is 24.3 Å². The number of ether oxygens (including phenoxy) is 2. The number of hydrogen-bond acceptors (Lipinski definition) is 4. The summed E-state index contributed by atoms with van der Waals surface area (Å²) in [5.41, 5.74) is -0.167. The summed E-state index contributed by atoms with van der Waals surface area (Å²) in [5, 5.41) is 12.3. The van der Waals surface area contributed by atoms with E-state index in [4.69, 9.17) is 9.47 Å². The highest BCUT2D eigenvalue weighted by molar-refractivity contribution is 5.97. The number of hydrogen-bond donors (Lipinski definition) is 1. The molecule has 2 fully saturated rings. The van der Waals surface area contributed by atoms with Gasteiger partial charge in [-0.1, -0.05) is 19.3 Å². The van der Waals surface area contributed by atoms with E-state index in [1.54, 1.807) is 0 Å². The molecule has 122 valence electrons. The van der Waals surface area contributed by atoms with Gasteiger partial charge in [0.2, 0.25) is 5.91 Å². The highest BCUT2D eigenvalue weighted by Gasteiger charge is 2.39. The Labute approximate surface area is 136 Å². The summed E-state index contributed by atoms with van der Waals surface area (Å²) in [4.78, 5) is 12.5. The average molecular weight is 314 g/mol. The molecule has 1 atom stereocenters. The van der Waals surface area contributed by atoms with Crippen molar-refractivity contribution < 1.29 is 14.3 Å². The maximum atomic E-state index is 12.5. The maximum absolute atomic E-state index is 12.5. The summed E-state index contributed by atoms with van der Waals surface area (Å²) in [5.74, 6) is 0.587. The van der Waals surface area contributed by atoms with E-state index in [1.807, 2.05) is 24.3 Å². The average Bonchev–Trinajstić information content (AvgIpc) is 3.10. The third kappa shape index (κ3) is 3.65. The van der Waals surface area contributed by atoms with Crippen LogP contribution in [0.2, 0.25) is 0 Å². The normalized spacial score (nSPS) is 23.0. The summed E-state index contributed by atoms with van der Waals surface area (Å²) < 4.78 is 11.1. The van der Waals surface area contributed by atoms with Crippen LogP contribution in [-0.4, -0.2) is 25.2 Å². The lowest BCUT2D eigenvalue weighted by atomic mass is 9.74. The van der Waals surface area contributed by atoms with Crippen molar-refractivity contribution in [1.82, 2.24) is 0 Å². The van der Waals surface area contributed by atoms with E-state index in [1.165, 1.54) is 0 Å². The van der Waals surface area contributed by atoms with Crippen LogP contribution >= 0.6 is 0 Å². The number of rotatable bonds is 4. The molecule has 5 heteroatoms. The number of amides is 1. The van der Waals surface area contributed by atoms with Crippen molar-refractivity contribution in [3.8, 4) is 11.8 Å². The minimum Gasteiger partial charge on any atom is -0.488 e. The minimum absolute atomic E-state index is 0.111. The summed E-state index contributed by atoms with van der Waals surface area (Å²) >= 11 is 0. The van der Waals surface area contributed by atoms with E-state index in [0.717, 1.165) is 38.0 Å². The van der Waals surface area contributed by atoms with E-state index in [9.17, 15) is 10.1 Å². The molecule has 0 unspecified atom stereocenters. The zero-order valence-corrected chi connectivity index (χ0v) is 13.2. The van der Waals surface area contributed by atoms with Crippen molar-refractivity contribution in [3.63, 3.8) is 0 Å². The van der Waals surface area contributed by atoms with E-state index in [-0.39, 0.29) is 12.0 Å². The summed E-state index contributed by atoms with van der Waals surface area (Å²) in [6.45, 7) is 1.37. The van der Waals surface area contributed by atoms with Crippen LogP contribution in [0.15, 0.2) is 24.3 Å². The second-order valence-electron chi connectivity index (χ2n) is 6.34. The smallest absolute Gasteiger partial charge is 0.244 e. The Morgan fingerprint density at radius 2 is 2.00 bits per heavy atom. The van der Waals surface area contributed by atoms with E-state index in [0.29, 0.717) is 25.1 Å². The zero-order valence-electron chi connectivity index (χ0n) is 13.2. The van der Waals surface area contributed by atoms with Crippen LogP contribution in [0.1, 0.15) is 38.5 Å². The quantitative estimate of drug-likeness (QED) is 0.926.